The number of halogens is 1. The number of nitrogens with zero attached hydrogens (tertiary/aromatic N) is 3. The molecule has 5 rings (SSSR count). The van der Waals surface area contributed by atoms with E-state index in [9.17, 15) is 9.59 Å². The van der Waals surface area contributed by atoms with Gasteiger partial charge in [0.1, 0.15) is 5.75 Å². The van der Waals surface area contributed by atoms with Crippen LogP contribution in [0.4, 0.5) is 5.69 Å². The van der Waals surface area contributed by atoms with Crippen molar-refractivity contribution in [3.63, 3.8) is 0 Å². The summed E-state index contributed by atoms with van der Waals surface area (Å²) >= 11 is 6.13. The molecule has 0 spiro atoms. The standard InChI is InChI=1S/C27H29ClN4O4/c1-17(26(33)30-23-15-18(28)7-8-24(23)35-2)32-10-9-22-20(16-32)25(19-5-3-4-6-21(19)29-22)27(34)31-11-13-36-14-12-31/h3-8,15,17H,9-14,16H2,1-2H3,(H,30,33). The number of morpholine rings is 1. The maximum atomic E-state index is 13.8. The Hall–Kier alpha value is -3.20. The number of nitrogens with one attached hydrogen (secondary N) is 1. The Morgan fingerprint density at radius 1 is 1.14 bits per heavy atom. The minimum absolute atomic E-state index is 0.00392. The van der Waals surface area contributed by atoms with E-state index in [1.807, 2.05) is 36.1 Å². The largest absolute Gasteiger partial charge is 0.495 e. The van der Waals surface area contributed by atoms with Crippen LogP contribution in [-0.4, -0.2) is 72.6 Å². The Kier molecular flexibility index (Phi) is 7.09. The summed E-state index contributed by atoms with van der Waals surface area (Å²) < 4.78 is 10.8. The number of carbonyl (C=O) groups is 2. The van der Waals surface area contributed by atoms with E-state index >= 15 is 0 Å². The van der Waals surface area contributed by atoms with Crippen LogP contribution in [0.1, 0.15) is 28.5 Å². The van der Waals surface area contributed by atoms with Crippen molar-refractivity contribution in [2.75, 3.05) is 45.3 Å². The van der Waals surface area contributed by atoms with E-state index in [2.05, 4.69) is 10.2 Å². The number of methoxy groups -OCH3 is 1. The third-order valence-corrected chi connectivity index (χ3v) is 7.17. The summed E-state index contributed by atoms with van der Waals surface area (Å²) in [5.41, 5.74) is 3.85. The zero-order chi connectivity index (χ0) is 25.2. The number of hydrogen-bond acceptors (Lipinski definition) is 6. The molecule has 188 valence electrons. The molecule has 1 fully saturated rings. The second-order valence-corrected chi connectivity index (χ2v) is 9.50. The Labute approximate surface area is 215 Å². The molecule has 3 aromatic rings. The second kappa shape index (κ2) is 10.4. The first-order valence-electron chi connectivity index (χ1n) is 12.1. The molecule has 0 saturated carbocycles. The summed E-state index contributed by atoms with van der Waals surface area (Å²) in [7, 11) is 1.55. The lowest BCUT2D eigenvalue weighted by molar-refractivity contribution is -0.121. The van der Waals surface area contributed by atoms with E-state index < -0.39 is 6.04 Å². The van der Waals surface area contributed by atoms with Crippen molar-refractivity contribution in [2.45, 2.75) is 25.9 Å². The molecule has 2 aliphatic rings. The van der Waals surface area contributed by atoms with Gasteiger partial charge in [-0.15, -0.1) is 0 Å². The average molecular weight is 509 g/mol. The zero-order valence-electron chi connectivity index (χ0n) is 20.4. The molecule has 1 aromatic heterocycles. The quantitative estimate of drug-likeness (QED) is 0.565. The highest BCUT2D eigenvalue weighted by Gasteiger charge is 2.32. The van der Waals surface area contributed by atoms with Crippen LogP contribution in [-0.2, 0) is 22.5 Å². The maximum absolute atomic E-state index is 13.8. The van der Waals surface area contributed by atoms with E-state index in [1.54, 1.807) is 25.3 Å². The molecule has 1 atom stereocenters. The minimum Gasteiger partial charge on any atom is -0.495 e. The van der Waals surface area contributed by atoms with Gasteiger partial charge in [0.25, 0.3) is 5.91 Å². The molecule has 36 heavy (non-hydrogen) atoms. The van der Waals surface area contributed by atoms with Gasteiger partial charge in [0, 0.05) is 54.3 Å². The number of aromatic nitrogens is 1. The molecule has 3 heterocycles. The van der Waals surface area contributed by atoms with Crippen LogP contribution in [0.5, 0.6) is 5.75 Å². The summed E-state index contributed by atoms with van der Waals surface area (Å²) in [5, 5.41) is 4.30. The minimum atomic E-state index is -0.445. The molecule has 1 N–H and O–H groups in total. The molecule has 1 unspecified atom stereocenters. The van der Waals surface area contributed by atoms with Gasteiger partial charge in [-0.2, -0.15) is 0 Å². The molecule has 2 amide bonds. The van der Waals surface area contributed by atoms with Crippen molar-refractivity contribution in [2.24, 2.45) is 0 Å². The van der Waals surface area contributed by atoms with Crippen LogP contribution < -0.4 is 10.1 Å². The van der Waals surface area contributed by atoms with E-state index in [0.29, 0.717) is 67.8 Å². The average Bonchev–Trinajstić information content (AvgIpc) is 2.91. The number of pyridine rings is 1. The summed E-state index contributed by atoms with van der Waals surface area (Å²) in [6.45, 7) is 5.18. The van der Waals surface area contributed by atoms with Crippen LogP contribution in [0, 0.1) is 0 Å². The Morgan fingerprint density at radius 3 is 2.69 bits per heavy atom. The van der Waals surface area contributed by atoms with Crippen LogP contribution in [0.25, 0.3) is 10.9 Å². The van der Waals surface area contributed by atoms with Crippen LogP contribution >= 0.6 is 11.6 Å². The predicted molar refractivity (Wildman–Crippen MR) is 139 cm³/mol. The molecule has 0 bridgehead atoms. The second-order valence-electron chi connectivity index (χ2n) is 9.06. The van der Waals surface area contributed by atoms with E-state index in [-0.39, 0.29) is 11.8 Å². The number of amides is 2. The molecule has 0 aliphatic carbocycles. The lowest BCUT2D eigenvalue weighted by atomic mass is 9.94. The Bertz CT molecular complexity index is 1310. The van der Waals surface area contributed by atoms with E-state index in [4.69, 9.17) is 26.1 Å². The fourth-order valence-electron chi connectivity index (χ4n) is 4.89. The molecular weight excluding hydrogens is 480 g/mol. The predicted octanol–water partition coefficient (Wildman–Crippen LogP) is 3.75. The number of ether oxygens (including phenoxy) is 2. The summed E-state index contributed by atoms with van der Waals surface area (Å²) in [6.07, 6.45) is 0.654. The van der Waals surface area contributed by atoms with Crippen molar-refractivity contribution >= 4 is 40.0 Å². The number of anilines is 1. The Balaban J connectivity index is 1.44. The lowest BCUT2D eigenvalue weighted by Gasteiger charge is -2.35. The smallest absolute Gasteiger partial charge is 0.255 e. The van der Waals surface area contributed by atoms with Crippen molar-refractivity contribution in [3.8, 4) is 5.75 Å². The van der Waals surface area contributed by atoms with Gasteiger partial charge in [-0.1, -0.05) is 29.8 Å². The third kappa shape index (κ3) is 4.76. The highest BCUT2D eigenvalue weighted by atomic mass is 35.5. The fourth-order valence-corrected chi connectivity index (χ4v) is 5.06. The number of fused-ring (bicyclic) bond motifs is 2. The van der Waals surface area contributed by atoms with E-state index in [1.165, 1.54) is 0 Å². The van der Waals surface area contributed by atoms with Gasteiger partial charge in [-0.25, -0.2) is 0 Å². The normalized spacial score (nSPS) is 16.9. The molecule has 1 saturated heterocycles. The molecular formula is C27H29ClN4O4. The van der Waals surface area contributed by atoms with Crippen molar-refractivity contribution in [3.05, 3.63) is 64.3 Å². The number of rotatable bonds is 5. The van der Waals surface area contributed by atoms with Crippen LogP contribution in [0.2, 0.25) is 5.02 Å². The molecule has 0 radical (unpaired) electrons. The van der Waals surface area contributed by atoms with E-state index in [0.717, 1.165) is 22.2 Å². The first-order valence-corrected chi connectivity index (χ1v) is 12.5. The first-order chi connectivity index (χ1) is 17.5. The fraction of sp³-hybridized carbons (Fsp3) is 0.370. The van der Waals surface area contributed by atoms with Crippen LogP contribution in [0.3, 0.4) is 0 Å². The van der Waals surface area contributed by atoms with Gasteiger partial charge in [0.05, 0.1) is 43.1 Å². The van der Waals surface area contributed by atoms with Gasteiger partial charge < -0.3 is 19.7 Å². The van der Waals surface area contributed by atoms with Crippen molar-refractivity contribution in [1.29, 1.82) is 0 Å². The highest BCUT2D eigenvalue weighted by Crippen LogP contribution is 2.31. The van der Waals surface area contributed by atoms with Crippen molar-refractivity contribution in [1.82, 2.24) is 14.8 Å². The molecule has 9 heteroatoms. The monoisotopic (exact) mass is 508 g/mol. The lowest BCUT2D eigenvalue weighted by Crippen LogP contribution is -2.46. The number of benzene rings is 2. The third-order valence-electron chi connectivity index (χ3n) is 6.93. The Morgan fingerprint density at radius 2 is 1.92 bits per heavy atom. The molecule has 8 nitrogen and oxygen atoms in total. The number of hydrogen-bond donors (Lipinski definition) is 1. The maximum Gasteiger partial charge on any atom is 0.255 e. The van der Waals surface area contributed by atoms with Gasteiger partial charge in [0.2, 0.25) is 5.91 Å². The highest BCUT2D eigenvalue weighted by molar-refractivity contribution is 6.31. The molecule has 2 aliphatic heterocycles. The van der Waals surface area contributed by atoms with Crippen LogP contribution in [0.15, 0.2) is 42.5 Å². The van der Waals surface area contributed by atoms with Crippen molar-refractivity contribution < 1.29 is 19.1 Å². The van der Waals surface area contributed by atoms with Gasteiger partial charge in [-0.3, -0.25) is 19.5 Å². The SMILES string of the molecule is COc1ccc(Cl)cc1NC(=O)C(C)N1CCc2nc3ccccc3c(C(=O)N3CCOCC3)c2C1. The summed E-state index contributed by atoms with van der Waals surface area (Å²) in [4.78, 5) is 35.8. The summed E-state index contributed by atoms with van der Waals surface area (Å²) in [5.74, 6) is 0.364. The summed E-state index contributed by atoms with van der Waals surface area (Å²) in [6, 6.07) is 12.4. The molecule has 2 aromatic carbocycles. The first kappa shape index (κ1) is 24.5. The number of carbonyl (C=O) groups excluding carboxylic acids is 2. The topological polar surface area (TPSA) is 84.0 Å². The van der Waals surface area contributed by atoms with Gasteiger partial charge >= 0.3 is 0 Å². The number of para-hydroxylation sites is 1. The zero-order valence-corrected chi connectivity index (χ0v) is 21.2. The van der Waals surface area contributed by atoms with Gasteiger partial charge in [0.15, 0.2) is 0 Å². The van der Waals surface area contributed by atoms with Gasteiger partial charge in [-0.05, 0) is 31.2 Å².